The van der Waals surface area contributed by atoms with Crippen LogP contribution in [0.3, 0.4) is 0 Å². The van der Waals surface area contributed by atoms with Crippen molar-refractivity contribution in [1.82, 2.24) is 24.6 Å². The molecule has 1 aliphatic heterocycles. The van der Waals surface area contributed by atoms with Gasteiger partial charge < -0.3 is 4.90 Å². The molecule has 1 atom stereocenters. The van der Waals surface area contributed by atoms with E-state index in [4.69, 9.17) is 0 Å². The summed E-state index contributed by atoms with van der Waals surface area (Å²) >= 11 is 0. The Morgan fingerprint density at radius 1 is 1.28 bits per heavy atom. The fraction of sp³-hybridized carbons (Fsp3) is 0.579. The zero-order chi connectivity index (χ0) is 18.0. The van der Waals surface area contributed by atoms with Gasteiger partial charge in [0.2, 0.25) is 5.91 Å². The lowest BCUT2D eigenvalue weighted by molar-refractivity contribution is -0.140. The Kier molecular flexibility index (Phi) is 4.88. The monoisotopic (exact) mass is 341 g/mol. The minimum Gasteiger partial charge on any atom is -0.334 e. The molecule has 1 amide bonds. The van der Waals surface area contributed by atoms with Crippen LogP contribution in [0, 0.1) is 5.41 Å². The maximum Gasteiger partial charge on any atom is 0.228 e. The second-order valence-corrected chi connectivity index (χ2v) is 7.67. The summed E-state index contributed by atoms with van der Waals surface area (Å²) in [5, 5.41) is 4.34. The number of nitrogens with zero attached hydrogens (tertiary/aromatic N) is 5. The van der Waals surface area contributed by atoms with Crippen molar-refractivity contribution >= 4 is 5.91 Å². The molecule has 1 saturated heterocycles. The number of carbonyl (C=O) groups is 1. The van der Waals surface area contributed by atoms with Gasteiger partial charge in [0.05, 0.1) is 29.8 Å². The molecule has 2 aromatic rings. The number of aryl methyl sites for hydroxylation is 1. The molecule has 0 saturated carbocycles. The molecule has 0 N–H and O–H groups in total. The van der Waals surface area contributed by atoms with Crippen molar-refractivity contribution in [1.29, 1.82) is 0 Å². The summed E-state index contributed by atoms with van der Waals surface area (Å²) in [5.74, 6) is 0.182. The lowest BCUT2D eigenvalue weighted by atomic mass is 9.94. The van der Waals surface area contributed by atoms with Crippen LogP contribution < -0.4 is 0 Å². The average Bonchev–Trinajstić information content (AvgIpc) is 3.23. The van der Waals surface area contributed by atoms with Crippen LogP contribution >= 0.6 is 0 Å². The van der Waals surface area contributed by atoms with Gasteiger partial charge >= 0.3 is 0 Å². The maximum absolute atomic E-state index is 12.7. The van der Waals surface area contributed by atoms with Gasteiger partial charge in [-0.1, -0.05) is 27.7 Å². The Balaban J connectivity index is 1.82. The van der Waals surface area contributed by atoms with E-state index in [-0.39, 0.29) is 17.4 Å². The summed E-state index contributed by atoms with van der Waals surface area (Å²) in [7, 11) is 0. The van der Waals surface area contributed by atoms with Gasteiger partial charge in [-0.15, -0.1) is 0 Å². The van der Waals surface area contributed by atoms with Crippen molar-refractivity contribution in [3.05, 3.63) is 30.4 Å². The second kappa shape index (κ2) is 6.94. The number of hydrogen-bond acceptors (Lipinski definition) is 4. The first-order valence-electron chi connectivity index (χ1n) is 9.07. The molecule has 0 aromatic carbocycles. The molecule has 0 spiro atoms. The van der Waals surface area contributed by atoms with Gasteiger partial charge in [0.1, 0.15) is 5.69 Å². The topological polar surface area (TPSA) is 63.9 Å². The zero-order valence-corrected chi connectivity index (χ0v) is 15.6. The van der Waals surface area contributed by atoms with Crippen LogP contribution in [-0.4, -0.2) is 37.1 Å². The van der Waals surface area contributed by atoms with E-state index >= 15 is 0 Å². The molecule has 1 aliphatic rings. The van der Waals surface area contributed by atoms with Gasteiger partial charge in [-0.05, 0) is 25.3 Å². The highest BCUT2D eigenvalue weighted by molar-refractivity contribution is 5.82. The normalized spacial score (nSPS) is 17.9. The van der Waals surface area contributed by atoms with E-state index in [9.17, 15) is 4.79 Å². The zero-order valence-electron chi connectivity index (χ0n) is 15.6. The van der Waals surface area contributed by atoms with E-state index < -0.39 is 0 Å². The third kappa shape index (κ3) is 3.57. The molecule has 1 fully saturated rings. The molecule has 6 heteroatoms. The first kappa shape index (κ1) is 17.6. The van der Waals surface area contributed by atoms with Crippen molar-refractivity contribution in [2.75, 3.05) is 6.54 Å². The number of likely N-dealkylation sites (tertiary alicyclic amines) is 1. The Bertz CT molecular complexity index is 729. The first-order valence-corrected chi connectivity index (χ1v) is 9.07. The highest BCUT2D eigenvalue weighted by atomic mass is 16.2. The van der Waals surface area contributed by atoms with E-state index in [0.29, 0.717) is 0 Å². The molecule has 0 radical (unpaired) electrons. The van der Waals surface area contributed by atoms with Gasteiger partial charge in [-0.3, -0.25) is 19.4 Å². The molecule has 25 heavy (non-hydrogen) atoms. The quantitative estimate of drug-likeness (QED) is 0.854. The Morgan fingerprint density at radius 3 is 2.72 bits per heavy atom. The van der Waals surface area contributed by atoms with Gasteiger partial charge in [0.15, 0.2) is 0 Å². The molecule has 3 heterocycles. The van der Waals surface area contributed by atoms with Gasteiger partial charge in [-0.25, -0.2) is 0 Å². The number of rotatable bonds is 4. The van der Waals surface area contributed by atoms with Crippen LogP contribution in [0.25, 0.3) is 11.4 Å². The minimum atomic E-state index is -0.372. The smallest absolute Gasteiger partial charge is 0.228 e. The molecule has 134 valence electrons. The van der Waals surface area contributed by atoms with E-state index in [1.54, 1.807) is 12.4 Å². The van der Waals surface area contributed by atoms with E-state index in [2.05, 4.69) is 22.0 Å². The van der Waals surface area contributed by atoms with Crippen molar-refractivity contribution in [3.8, 4) is 11.4 Å². The van der Waals surface area contributed by atoms with Gasteiger partial charge in [0.25, 0.3) is 0 Å². The lowest BCUT2D eigenvalue weighted by Crippen LogP contribution is -2.39. The predicted octanol–water partition coefficient (Wildman–Crippen LogP) is 3.46. The molecular weight excluding hydrogens is 314 g/mol. The molecule has 0 bridgehead atoms. The lowest BCUT2D eigenvalue weighted by Gasteiger charge is -2.30. The summed E-state index contributed by atoms with van der Waals surface area (Å²) in [5.41, 5.74) is 2.31. The fourth-order valence-corrected chi connectivity index (χ4v) is 3.33. The molecule has 6 nitrogen and oxygen atoms in total. The number of hydrogen-bond donors (Lipinski definition) is 0. The molecule has 2 aromatic heterocycles. The predicted molar refractivity (Wildman–Crippen MR) is 96.7 cm³/mol. The molecular formula is C19H27N5O. The van der Waals surface area contributed by atoms with Crippen LogP contribution in [0.2, 0.25) is 0 Å². The number of amides is 1. The Labute approximate surface area is 149 Å². The van der Waals surface area contributed by atoms with E-state index in [1.807, 2.05) is 42.6 Å². The maximum atomic E-state index is 12.7. The van der Waals surface area contributed by atoms with Crippen LogP contribution in [0.4, 0.5) is 0 Å². The standard InChI is InChI=1S/C19H27N5O/c1-5-10-24-17(8-9-22-24)15-13-20-14(12-21-15)16-7-6-11-23(16)18(25)19(2,3)4/h8-9,12-13,16H,5-7,10-11H2,1-4H3/t16-/m0/s1. The SMILES string of the molecule is CCCn1nccc1-c1cnc([C@@H]2CCCN2C(=O)C(C)(C)C)cn1. The summed E-state index contributed by atoms with van der Waals surface area (Å²) in [6, 6.07) is 2.00. The average molecular weight is 341 g/mol. The summed E-state index contributed by atoms with van der Waals surface area (Å²) in [4.78, 5) is 23.9. The van der Waals surface area contributed by atoms with Crippen molar-refractivity contribution in [3.63, 3.8) is 0 Å². The van der Waals surface area contributed by atoms with Crippen molar-refractivity contribution in [2.45, 2.75) is 59.5 Å². The van der Waals surface area contributed by atoms with Crippen LogP contribution in [0.5, 0.6) is 0 Å². The van der Waals surface area contributed by atoms with Crippen LogP contribution in [-0.2, 0) is 11.3 Å². The third-order valence-corrected chi connectivity index (χ3v) is 4.58. The number of carbonyl (C=O) groups excluding carboxylic acids is 1. The van der Waals surface area contributed by atoms with Gasteiger partial charge in [0, 0.05) is 24.7 Å². The van der Waals surface area contributed by atoms with E-state index in [0.717, 1.165) is 49.4 Å². The second-order valence-electron chi connectivity index (χ2n) is 7.67. The minimum absolute atomic E-state index is 0.0360. The fourth-order valence-electron chi connectivity index (χ4n) is 3.33. The Hall–Kier alpha value is -2.24. The van der Waals surface area contributed by atoms with Crippen molar-refractivity contribution in [2.24, 2.45) is 5.41 Å². The van der Waals surface area contributed by atoms with Gasteiger partial charge in [-0.2, -0.15) is 5.10 Å². The third-order valence-electron chi connectivity index (χ3n) is 4.58. The van der Waals surface area contributed by atoms with Crippen molar-refractivity contribution < 1.29 is 4.79 Å². The largest absolute Gasteiger partial charge is 0.334 e. The summed E-state index contributed by atoms with van der Waals surface area (Å²) in [6.45, 7) is 9.69. The molecule has 0 aliphatic carbocycles. The molecule has 0 unspecified atom stereocenters. The number of aromatic nitrogens is 4. The van der Waals surface area contributed by atoms with Crippen LogP contribution in [0.15, 0.2) is 24.7 Å². The summed E-state index contributed by atoms with van der Waals surface area (Å²) < 4.78 is 1.95. The summed E-state index contributed by atoms with van der Waals surface area (Å²) in [6.07, 6.45) is 8.39. The highest BCUT2D eigenvalue weighted by Gasteiger charge is 2.36. The van der Waals surface area contributed by atoms with E-state index in [1.165, 1.54) is 0 Å². The molecule has 3 rings (SSSR count). The first-order chi connectivity index (χ1) is 11.9. The Morgan fingerprint density at radius 2 is 2.08 bits per heavy atom. The van der Waals surface area contributed by atoms with Crippen LogP contribution in [0.1, 0.15) is 58.7 Å². The highest BCUT2D eigenvalue weighted by Crippen LogP contribution is 2.34.